The van der Waals surface area contributed by atoms with Crippen molar-refractivity contribution < 1.29 is 18.0 Å². The summed E-state index contributed by atoms with van der Waals surface area (Å²) < 4.78 is 25.6. The van der Waals surface area contributed by atoms with Crippen LogP contribution < -0.4 is 5.32 Å². The molecule has 166 valence electrons. The summed E-state index contributed by atoms with van der Waals surface area (Å²) >= 11 is 5.97. The Morgan fingerprint density at radius 1 is 1.03 bits per heavy atom. The molecule has 0 aliphatic carbocycles. The molecule has 1 saturated heterocycles. The molecule has 1 fully saturated rings. The minimum Gasteiger partial charge on any atom is -0.336 e. The van der Waals surface area contributed by atoms with Gasteiger partial charge >= 0.3 is 0 Å². The lowest BCUT2D eigenvalue weighted by Gasteiger charge is -2.34. The highest BCUT2D eigenvalue weighted by Crippen LogP contribution is 2.18. The number of nitrogens with one attached hydrogen (secondary N) is 1. The van der Waals surface area contributed by atoms with Gasteiger partial charge in [-0.15, -0.1) is 0 Å². The van der Waals surface area contributed by atoms with Crippen molar-refractivity contribution in [2.45, 2.75) is 4.90 Å². The van der Waals surface area contributed by atoms with Gasteiger partial charge in [0.15, 0.2) is 0 Å². The van der Waals surface area contributed by atoms with Crippen molar-refractivity contribution in [3.05, 3.63) is 59.1 Å². The molecule has 3 rings (SSSR count). The topological polar surface area (TPSA) is 90.0 Å². The summed E-state index contributed by atoms with van der Waals surface area (Å²) in [7, 11) is -0.665. The van der Waals surface area contributed by atoms with Crippen molar-refractivity contribution in [1.29, 1.82) is 0 Å². The molecule has 2 aromatic carbocycles. The molecule has 1 aliphatic rings. The van der Waals surface area contributed by atoms with Crippen molar-refractivity contribution in [2.75, 3.05) is 52.1 Å². The molecule has 0 atom stereocenters. The second-order valence-electron chi connectivity index (χ2n) is 7.44. The van der Waals surface area contributed by atoms with Gasteiger partial charge in [0.2, 0.25) is 15.9 Å². The molecule has 0 saturated carbocycles. The second kappa shape index (κ2) is 9.78. The molecular weight excluding hydrogens is 440 g/mol. The van der Waals surface area contributed by atoms with Gasteiger partial charge in [-0.2, -0.15) is 0 Å². The van der Waals surface area contributed by atoms with Crippen LogP contribution in [0, 0.1) is 0 Å². The van der Waals surface area contributed by atoms with Gasteiger partial charge in [0.05, 0.1) is 11.4 Å². The van der Waals surface area contributed by atoms with Crippen molar-refractivity contribution in [1.82, 2.24) is 14.1 Å². The molecule has 1 aliphatic heterocycles. The van der Waals surface area contributed by atoms with Crippen LogP contribution in [0.2, 0.25) is 5.02 Å². The lowest BCUT2D eigenvalue weighted by molar-refractivity contribution is -0.117. The highest BCUT2D eigenvalue weighted by atomic mass is 35.5. The van der Waals surface area contributed by atoms with E-state index >= 15 is 0 Å². The molecule has 8 nitrogen and oxygen atoms in total. The van der Waals surface area contributed by atoms with Gasteiger partial charge in [0, 0.05) is 56.5 Å². The van der Waals surface area contributed by atoms with Crippen LogP contribution in [-0.2, 0) is 14.8 Å². The third-order valence-corrected chi connectivity index (χ3v) is 7.04. The number of sulfonamides is 1. The Hall–Kier alpha value is -2.46. The molecule has 0 radical (unpaired) electrons. The van der Waals surface area contributed by atoms with E-state index in [2.05, 4.69) is 5.32 Å². The van der Waals surface area contributed by atoms with Crippen LogP contribution in [-0.4, -0.2) is 81.2 Å². The first-order chi connectivity index (χ1) is 14.7. The number of carbonyl (C=O) groups excluding carboxylic acids is 2. The largest absolute Gasteiger partial charge is 0.336 e. The standard InChI is InChI=1S/C21H25ClN4O4S/c1-24(2)31(29,30)19-8-4-7-18(14-19)23-20(27)15-25-9-11-26(12-10-25)21(28)16-5-3-6-17(22)13-16/h3-8,13-14H,9-12,15H2,1-2H3,(H,23,27). The van der Waals surface area contributed by atoms with E-state index in [4.69, 9.17) is 11.6 Å². The van der Waals surface area contributed by atoms with E-state index in [1.165, 1.54) is 26.2 Å². The minimum absolute atomic E-state index is 0.0782. The van der Waals surface area contributed by atoms with Crippen molar-refractivity contribution in [2.24, 2.45) is 0 Å². The third-order valence-electron chi connectivity index (χ3n) is 4.99. The van der Waals surface area contributed by atoms with Gasteiger partial charge in [-0.05, 0) is 36.4 Å². The Balaban J connectivity index is 1.53. The zero-order chi connectivity index (χ0) is 22.6. The van der Waals surface area contributed by atoms with Crippen LogP contribution in [0.1, 0.15) is 10.4 Å². The number of carbonyl (C=O) groups is 2. The van der Waals surface area contributed by atoms with E-state index in [-0.39, 0.29) is 23.3 Å². The Kier molecular flexibility index (Phi) is 7.32. The number of hydrogen-bond donors (Lipinski definition) is 1. The van der Waals surface area contributed by atoms with E-state index in [0.717, 1.165) is 4.31 Å². The number of anilines is 1. The number of piperazine rings is 1. The lowest BCUT2D eigenvalue weighted by Crippen LogP contribution is -2.50. The molecule has 0 spiro atoms. The smallest absolute Gasteiger partial charge is 0.253 e. The zero-order valence-electron chi connectivity index (χ0n) is 17.4. The molecule has 1 heterocycles. The van der Waals surface area contributed by atoms with Gasteiger partial charge < -0.3 is 10.2 Å². The summed E-state index contributed by atoms with van der Waals surface area (Å²) in [6, 6.07) is 13.0. The number of nitrogens with zero attached hydrogens (tertiary/aromatic N) is 3. The highest BCUT2D eigenvalue weighted by molar-refractivity contribution is 7.89. The van der Waals surface area contributed by atoms with Crippen LogP contribution in [0.15, 0.2) is 53.4 Å². The number of rotatable bonds is 6. The van der Waals surface area contributed by atoms with Gasteiger partial charge in [0.25, 0.3) is 5.91 Å². The van der Waals surface area contributed by atoms with Gasteiger partial charge in [-0.1, -0.05) is 23.7 Å². The molecule has 0 unspecified atom stereocenters. The third kappa shape index (κ3) is 5.82. The van der Waals surface area contributed by atoms with E-state index < -0.39 is 10.0 Å². The average Bonchev–Trinajstić information content (AvgIpc) is 2.73. The summed E-state index contributed by atoms with van der Waals surface area (Å²) in [6.45, 7) is 2.30. The van der Waals surface area contributed by atoms with E-state index in [0.29, 0.717) is 42.5 Å². The number of halogens is 1. The molecule has 2 aromatic rings. The summed E-state index contributed by atoms with van der Waals surface area (Å²) in [4.78, 5) is 28.9. The molecule has 10 heteroatoms. The summed E-state index contributed by atoms with van der Waals surface area (Å²) in [5.41, 5.74) is 0.967. The Labute approximate surface area is 187 Å². The predicted octanol–water partition coefficient (Wildman–Crippen LogP) is 1.99. The van der Waals surface area contributed by atoms with Crippen molar-refractivity contribution >= 4 is 39.1 Å². The van der Waals surface area contributed by atoms with Crippen LogP contribution in [0.5, 0.6) is 0 Å². The minimum atomic E-state index is -3.58. The number of benzene rings is 2. The SMILES string of the molecule is CN(C)S(=O)(=O)c1cccc(NC(=O)CN2CCN(C(=O)c3cccc(Cl)c3)CC2)c1. The van der Waals surface area contributed by atoms with Gasteiger partial charge in [-0.25, -0.2) is 12.7 Å². The van der Waals surface area contributed by atoms with Crippen molar-refractivity contribution in [3.8, 4) is 0 Å². The first-order valence-electron chi connectivity index (χ1n) is 9.76. The first-order valence-corrected chi connectivity index (χ1v) is 11.6. The fraction of sp³-hybridized carbons (Fsp3) is 0.333. The first kappa shape index (κ1) is 23.2. The van der Waals surface area contributed by atoms with Gasteiger partial charge in [0.1, 0.15) is 0 Å². The van der Waals surface area contributed by atoms with Crippen LogP contribution in [0.25, 0.3) is 0 Å². The maximum Gasteiger partial charge on any atom is 0.253 e. The molecule has 1 N–H and O–H groups in total. The summed E-state index contributed by atoms with van der Waals surface area (Å²) in [5.74, 6) is -0.320. The maximum absolute atomic E-state index is 12.6. The van der Waals surface area contributed by atoms with Crippen LogP contribution in [0.3, 0.4) is 0 Å². The number of amides is 2. The van der Waals surface area contributed by atoms with Gasteiger partial charge in [-0.3, -0.25) is 14.5 Å². The van der Waals surface area contributed by atoms with E-state index in [1.807, 2.05) is 4.90 Å². The normalized spacial score (nSPS) is 15.2. The van der Waals surface area contributed by atoms with E-state index in [9.17, 15) is 18.0 Å². The fourth-order valence-electron chi connectivity index (χ4n) is 3.26. The Morgan fingerprint density at radius 2 is 1.71 bits per heavy atom. The lowest BCUT2D eigenvalue weighted by atomic mass is 10.2. The fourth-order valence-corrected chi connectivity index (χ4v) is 4.40. The average molecular weight is 465 g/mol. The zero-order valence-corrected chi connectivity index (χ0v) is 19.0. The molecular formula is C21H25ClN4O4S. The quantitative estimate of drug-likeness (QED) is 0.706. The molecule has 2 amide bonds. The Bertz CT molecular complexity index is 1070. The van der Waals surface area contributed by atoms with Crippen LogP contribution >= 0.6 is 11.6 Å². The molecule has 0 aromatic heterocycles. The monoisotopic (exact) mass is 464 g/mol. The second-order valence-corrected chi connectivity index (χ2v) is 10.0. The highest BCUT2D eigenvalue weighted by Gasteiger charge is 2.24. The molecule has 31 heavy (non-hydrogen) atoms. The maximum atomic E-state index is 12.6. The number of hydrogen-bond acceptors (Lipinski definition) is 5. The van der Waals surface area contributed by atoms with Crippen molar-refractivity contribution in [3.63, 3.8) is 0 Å². The summed E-state index contributed by atoms with van der Waals surface area (Å²) in [5, 5.41) is 3.27. The van der Waals surface area contributed by atoms with Crippen LogP contribution in [0.4, 0.5) is 5.69 Å². The molecule has 0 bridgehead atoms. The van der Waals surface area contributed by atoms with E-state index in [1.54, 1.807) is 41.3 Å². The Morgan fingerprint density at radius 3 is 2.35 bits per heavy atom. The summed E-state index contributed by atoms with van der Waals surface area (Å²) in [6.07, 6.45) is 0. The predicted molar refractivity (Wildman–Crippen MR) is 120 cm³/mol.